The van der Waals surface area contributed by atoms with Crippen LogP contribution in [-0.4, -0.2) is 68.1 Å². The number of carbonyl (C=O) groups excluding carboxylic acids is 2. The lowest BCUT2D eigenvalue weighted by Gasteiger charge is -2.34. The first-order chi connectivity index (χ1) is 9.96. The van der Waals surface area contributed by atoms with Gasteiger partial charge >= 0.3 is 5.97 Å². The standard InChI is InChI=1S/C15H29N3O3/c1-12(2)8-13(10-16)9-14(19)18-6-4-17(5-7-18)11-15(20)21-3/h12-13H,4-11,16H2,1-3H3. The second-order valence-corrected chi connectivity index (χ2v) is 6.17. The Bertz CT molecular complexity index is 339. The van der Waals surface area contributed by atoms with Crippen LogP contribution in [0.4, 0.5) is 0 Å². The van der Waals surface area contributed by atoms with E-state index in [9.17, 15) is 9.59 Å². The fraction of sp³-hybridized carbons (Fsp3) is 0.867. The molecule has 21 heavy (non-hydrogen) atoms. The third-order valence-electron chi connectivity index (χ3n) is 3.91. The van der Waals surface area contributed by atoms with Gasteiger partial charge in [0.15, 0.2) is 0 Å². The molecule has 0 aromatic heterocycles. The lowest BCUT2D eigenvalue weighted by molar-refractivity contribution is -0.142. The van der Waals surface area contributed by atoms with E-state index in [4.69, 9.17) is 5.73 Å². The first kappa shape index (κ1) is 17.9. The third kappa shape index (κ3) is 6.44. The van der Waals surface area contributed by atoms with Crippen molar-refractivity contribution >= 4 is 11.9 Å². The molecular weight excluding hydrogens is 270 g/mol. The van der Waals surface area contributed by atoms with Crippen molar-refractivity contribution in [1.82, 2.24) is 9.80 Å². The Morgan fingerprint density at radius 1 is 1.19 bits per heavy atom. The normalized spacial score (nSPS) is 17.9. The van der Waals surface area contributed by atoms with Crippen molar-refractivity contribution in [2.24, 2.45) is 17.6 Å². The summed E-state index contributed by atoms with van der Waals surface area (Å²) in [5.41, 5.74) is 5.76. The minimum atomic E-state index is -0.227. The van der Waals surface area contributed by atoms with E-state index < -0.39 is 0 Å². The predicted octanol–water partition coefficient (Wildman–Crippen LogP) is 0.315. The summed E-state index contributed by atoms with van der Waals surface area (Å²) in [6.45, 7) is 7.96. The number of esters is 1. The summed E-state index contributed by atoms with van der Waals surface area (Å²) in [7, 11) is 1.39. The minimum absolute atomic E-state index is 0.184. The van der Waals surface area contributed by atoms with Gasteiger partial charge in [-0.15, -0.1) is 0 Å². The maximum absolute atomic E-state index is 12.3. The van der Waals surface area contributed by atoms with Gasteiger partial charge in [0.1, 0.15) is 0 Å². The molecule has 0 aromatic carbocycles. The van der Waals surface area contributed by atoms with Crippen LogP contribution < -0.4 is 5.73 Å². The van der Waals surface area contributed by atoms with Gasteiger partial charge in [-0.1, -0.05) is 13.8 Å². The van der Waals surface area contributed by atoms with Crippen molar-refractivity contribution in [3.63, 3.8) is 0 Å². The Hall–Kier alpha value is -1.14. The fourth-order valence-electron chi connectivity index (χ4n) is 2.71. The molecule has 0 aliphatic carbocycles. The van der Waals surface area contributed by atoms with Crippen LogP contribution in [-0.2, 0) is 14.3 Å². The number of hydrogen-bond donors (Lipinski definition) is 1. The van der Waals surface area contributed by atoms with E-state index in [0.29, 0.717) is 38.5 Å². The highest BCUT2D eigenvalue weighted by atomic mass is 16.5. The summed E-state index contributed by atoms with van der Waals surface area (Å²) in [6.07, 6.45) is 1.52. The topological polar surface area (TPSA) is 75.9 Å². The average Bonchev–Trinajstić information content (AvgIpc) is 2.46. The Kier molecular flexibility index (Phi) is 7.67. The van der Waals surface area contributed by atoms with Crippen molar-refractivity contribution in [2.75, 3.05) is 46.4 Å². The molecule has 1 fully saturated rings. The molecule has 0 bridgehead atoms. The average molecular weight is 299 g/mol. The van der Waals surface area contributed by atoms with E-state index in [2.05, 4.69) is 18.6 Å². The lowest BCUT2D eigenvalue weighted by atomic mass is 9.93. The summed E-state index contributed by atoms with van der Waals surface area (Å²) in [5.74, 6) is 0.785. The second-order valence-electron chi connectivity index (χ2n) is 6.17. The molecule has 0 saturated carbocycles. The summed E-state index contributed by atoms with van der Waals surface area (Å²) in [4.78, 5) is 27.4. The Balaban J connectivity index is 2.35. The molecule has 1 saturated heterocycles. The third-order valence-corrected chi connectivity index (χ3v) is 3.91. The molecule has 0 aromatic rings. The fourth-order valence-corrected chi connectivity index (χ4v) is 2.71. The highest BCUT2D eigenvalue weighted by Gasteiger charge is 2.24. The van der Waals surface area contributed by atoms with Gasteiger partial charge < -0.3 is 15.4 Å². The van der Waals surface area contributed by atoms with Gasteiger partial charge in [0, 0.05) is 32.6 Å². The van der Waals surface area contributed by atoms with E-state index >= 15 is 0 Å². The van der Waals surface area contributed by atoms with Gasteiger partial charge in [-0.25, -0.2) is 0 Å². The Morgan fingerprint density at radius 3 is 2.29 bits per heavy atom. The number of piperazine rings is 1. The van der Waals surface area contributed by atoms with Crippen molar-refractivity contribution < 1.29 is 14.3 Å². The molecule has 2 N–H and O–H groups in total. The zero-order chi connectivity index (χ0) is 15.8. The molecule has 1 heterocycles. The van der Waals surface area contributed by atoms with Crippen LogP contribution in [0, 0.1) is 11.8 Å². The lowest BCUT2D eigenvalue weighted by Crippen LogP contribution is -2.50. The van der Waals surface area contributed by atoms with Crippen LogP contribution in [0.2, 0.25) is 0 Å². The zero-order valence-corrected chi connectivity index (χ0v) is 13.5. The van der Waals surface area contributed by atoms with Crippen LogP contribution >= 0.6 is 0 Å². The molecule has 1 amide bonds. The van der Waals surface area contributed by atoms with Crippen molar-refractivity contribution in [2.45, 2.75) is 26.7 Å². The molecule has 1 aliphatic heterocycles. The number of hydrogen-bond acceptors (Lipinski definition) is 5. The molecule has 0 radical (unpaired) electrons. The molecule has 0 spiro atoms. The van der Waals surface area contributed by atoms with Gasteiger partial charge in [-0.3, -0.25) is 14.5 Å². The Labute approximate surface area is 127 Å². The molecule has 6 nitrogen and oxygen atoms in total. The molecule has 1 aliphatic rings. The number of rotatable bonds is 7. The molecule has 1 atom stereocenters. The zero-order valence-electron chi connectivity index (χ0n) is 13.5. The van der Waals surface area contributed by atoms with Crippen LogP contribution in [0.15, 0.2) is 0 Å². The quantitative estimate of drug-likeness (QED) is 0.685. The SMILES string of the molecule is COC(=O)CN1CCN(C(=O)CC(CN)CC(C)C)CC1. The van der Waals surface area contributed by atoms with Gasteiger partial charge in [-0.05, 0) is 24.8 Å². The van der Waals surface area contributed by atoms with E-state index in [1.54, 1.807) is 0 Å². The van der Waals surface area contributed by atoms with Crippen LogP contribution in [0.1, 0.15) is 26.7 Å². The smallest absolute Gasteiger partial charge is 0.319 e. The number of amides is 1. The molecule has 6 heteroatoms. The maximum Gasteiger partial charge on any atom is 0.319 e. The van der Waals surface area contributed by atoms with E-state index in [1.807, 2.05) is 9.80 Å². The van der Waals surface area contributed by atoms with Gasteiger partial charge in [0.25, 0.3) is 0 Å². The number of nitrogens with two attached hydrogens (primary N) is 1. The van der Waals surface area contributed by atoms with Crippen LogP contribution in [0.25, 0.3) is 0 Å². The van der Waals surface area contributed by atoms with E-state index in [-0.39, 0.29) is 17.8 Å². The van der Waals surface area contributed by atoms with Gasteiger partial charge in [0.05, 0.1) is 13.7 Å². The maximum atomic E-state index is 12.3. The first-order valence-corrected chi connectivity index (χ1v) is 7.73. The van der Waals surface area contributed by atoms with Crippen LogP contribution in [0.5, 0.6) is 0 Å². The van der Waals surface area contributed by atoms with Crippen molar-refractivity contribution in [3.05, 3.63) is 0 Å². The summed E-state index contributed by atoms with van der Waals surface area (Å²) in [5, 5.41) is 0. The number of ether oxygens (including phenoxy) is 1. The molecule has 122 valence electrons. The highest BCUT2D eigenvalue weighted by molar-refractivity contribution is 5.76. The van der Waals surface area contributed by atoms with Crippen molar-refractivity contribution in [1.29, 1.82) is 0 Å². The molecule has 1 rings (SSSR count). The number of carbonyl (C=O) groups is 2. The van der Waals surface area contributed by atoms with Gasteiger partial charge in [0.2, 0.25) is 5.91 Å². The number of nitrogens with zero attached hydrogens (tertiary/aromatic N) is 2. The molecular formula is C15H29N3O3. The predicted molar refractivity (Wildman–Crippen MR) is 81.7 cm³/mol. The van der Waals surface area contributed by atoms with Crippen LogP contribution in [0.3, 0.4) is 0 Å². The monoisotopic (exact) mass is 299 g/mol. The van der Waals surface area contributed by atoms with Crippen molar-refractivity contribution in [3.8, 4) is 0 Å². The minimum Gasteiger partial charge on any atom is -0.468 e. The summed E-state index contributed by atoms with van der Waals surface area (Å²) < 4.78 is 4.66. The second kappa shape index (κ2) is 9.00. The molecule has 1 unspecified atom stereocenters. The number of methoxy groups -OCH3 is 1. The largest absolute Gasteiger partial charge is 0.468 e. The van der Waals surface area contributed by atoms with Gasteiger partial charge in [-0.2, -0.15) is 0 Å². The highest BCUT2D eigenvalue weighted by Crippen LogP contribution is 2.16. The van der Waals surface area contributed by atoms with E-state index in [1.165, 1.54) is 7.11 Å². The first-order valence-electron chi connectivity index (χ1n) is 7.73. The summed E-state index contributed by atoms with van der Waals surface area (Å²) >= 11 is 0. The van der Waals surface area contributed by atoms with E-state index in [0.717, 1.165) is 19.5 Å². The Morgan fingerprint density at radius 2 is 1.81 bits per heavy atom. The summed E-state index contributed by atoms with van der Waals surface area (Å²) in [6, 6.07) is 0.